The van der Waals surface area contributed by atoms with Crippen molar-refractivity contribution in [3.63, 3.8) is 0 Å². The Hall–Kier alpha value is -0.840. The zero-order chi connectivity index (χ0) is 13.4. The van der Waals surface area contributed by atoms with Gasteiger partial charge in [0.2, 0.25) is 0 Å². The summed E-state index contributed by atoms with van der Waals surface area (Å²) in [6.07, 6.45) is 0. The van der Waals surface area contributed by atoms with Gasteiger partial charge in [0.15, 0.2) is 0 Å². The number of aryl methyl sites for hydroxylation is 1. The molecule has 0 spiro atoms. The van der Waals surface area contributed by atoms with E-state index >= 15 is 0 Å². The summed E-state index contributed by atoms with van der Waals surface area (Å²) in [5, 5.41) is 4.62. The molecule has 0 aliphatic carbocycles. The second-order valence-electron chi connectivity index (χ2n) is 4.69. The van der Waals surface area contributed by atoms with Crippen LogP contribution in [0.2, 0.25) is 4.34 Å². The highest BCUT2D eigenvalue weighted by molar-refractivity contribution is 7.16. The highest BCUT2D eigenvalue weighted by Crippen LogP contribution is 2.32. The van der Waals surface area contributed by atoms with Crippen LogP contribution in [0.3, 0.4) is 0 Å². The first-order valence-corrected chi connectivity index (χ1v) is 7.14. The van der Waals surface area contributed by atoms with E-state index in [-0.39, 0.29) is 12.1 Å². The molecule has 0 amide bonds. The number of hydrogen-bond donors (Lipinski definition) is 1. The van der Waals surface area contributed by atoms with Gasteiger partial charge in [-0.1, -0.05) is 11.6 Å². The highest BCUT2D eigenvalue weighted by atomic mass is 35.5. The van der Waals surface area contributed by atoms with Gasteiger partial charge in [-0.05, 0) is 45.4 Å². The van der Waals surface area contributed by atoms with Gasteiger partial charge in [-0.25, -0.2) is 0 Å². The van der Waals surface area contributed by atoms with Gasteiger partial charge < -0.3 is 5.73 Å². The first kappa shape index (κ1) is 13.6. The Bertz CT molecular complexity index is 557. The third-order valence-electron chi connectivity index (χ3n) is 3.33. The van der Waals surface area contributed by atoms with E-state index in [0.29, 0.717) is 0 Å². The van der Waals surface area contributed by atoms with E-state index in [2.05, 4.69) is 18.9 Å². The van der Waals surface area contributed by atoms with Gasteiger partial charge in [-0.3, -0.25) is 4.68 Å². The Morgan fingerprint density at radius 3 is 2.39 bits per heavy atom. The Kier molecular flexibility index (Phi) is 3.80. The smallest absolute Gasteiger partial charge is 0.101 e. The third kappa shape index (κ3) is 2.32. The Balaban J connectivity index is 2.51. The fourth-order valence-electron chi connectivity index (χ4n) is 2.11. The molecule has 2 atom stereocenters. The molecule has 98 valence electrons. The first-order chi connectivity index (χ1) is 8.41. The average molecular weight is 284 g/mol. The molecule has 0 fully saturated rings. The van der Waals surface area contributed by atoms with Crippen molar-refractivity contribution < 1.29 is 0 Å². The van der Waals surface area contributed by atoms with Crippen molar-refractivity contribution in [3.8, 4) is 0 Å². The topological polar surface area (TPSA) is 43.8 Å². The molecular formula is C13H18ClN3S. The fraction of sp³-hybridized carbons (Fsp3) is 0.462. The number of nitrogens with zero attached hydrogens (tertiary/aromatic N) is 2. The molecule has 2 aromatic rings. The maximum Gasteiger partial charge on any atom is 0.101 e. The van der Waals surface area contributed by atoms with Gasteiger partial charge in [0, 0.05) is 16.6 Å². The lowest BCUT2D eigenvalue weighted by molar-refractivity contribution is 0.449. The van der Waals surface area contributed by atoms with Crippen LogP contribution in [0.4, 0.5) is 0 Å². The van der Waals surface area contributed by atoms with Gasteiger partial charge >= 0.3 is 0 Å². The number of rotatable bonds is 3. The number of hydrogen-bond acceptors (Lipinski definition) is 3. The fourth-order valence-corrected chi connectivity index (χ4v) is 3.37. The maximum absolute atomic E-state index is 6.14. The normalized spacial score (nSPS) is 14.8. The van der Waals surface area contributed by atoms with Crippen LogP contribution in [-0.2, 0) is 0 Å². The molecule has 5 heteroatoms. The molecule has 2 rings (SSSR count). The number of nitrogens with two attached hydrogens (primary N) is 1. The Morgan fingerprint density at radius 1 is 1.33 bits per heavy atom. The van der Waals surface area contributed by atoms with Gasteiger partial charge in [0.1, 0.15) is 6.04 Å². The number of halogens is 1. The third-order valence-corrected chi connectivity index (χ3v) is 4.64. The van der Waals surface area contributed by atoms with Crippen molar-refractivity contribution in [2.24, 2.45) is 5.73 Å². The molecule has 2 N–H and O–H groups in total. The van der Waals surface area contributed by atoms with Crippen LogP contribution in [0.5, 0.6) is 0 Å². The number of aromatic nitrogens is 2. The minimum atomic E-state index is -0.0166. The van der Waals surface area contributed by atoms with E-state index < -0.39 is 0 Å². The second kappa shape index (κ2) is 5.03. The second-order valence-corrected chi connectivity index (χ2v) is 6.43. The van der Waals surface area contributed by atoms with Crippen LogP contribution < -0.4 is 5.73 Å². The monoisotopic (exact) mass is 283 g/mol. The van der Waals surface area contributed by atoms with E-state index in [9.17, 15) is 0 Å². The summed E-state index contributed by atoms with van der Waals surface area (Å²) in [6, 6.07) is 3.98. The molecule has 2 aromatic heterocycles. The maximum atomic E-state index is 6.14. The molecule has 0 aromatic carbocycles. The summed E-state index contributed by atoms with van der Waals surface area (Å²) in [5.74, 6) is 0. The SMILES string of the molecule is Cc1nn(C(c2ccc(Cl)s2)C(C)N)c(C)c1C. The first-order valence-electron chi connectivity index (χ1n) is 5.95. The molecule has 18 heavy (non-hydrogen) atoms. The standard InChI is InChI=1S/C13H18ClN3S/c1-7-9(3)16-17(10(7)4)13(8(2)15)11-5-6-12(14)18-11/h5-6,8,13H,15H2,1-4H3. The molecule has 0 bridgehead atoms. The van der Waals surface area contributed by atoms with Crippen molar-refractivity contribution in [1.29, 1.82) is 0 Å². The number of thiophene rings is 1. The lowest BCUT2D eigenvalue weighted by Gasteiger charge is -2.21. The molecule has 0 saturated heterocycles. The predicted molar refractivity (Wildman–Crippen MR) is 77.6 cm³/mol. The quantitative estimate of drug-likeness (QED) is 0.937. The Labute approximate surface area is 117 Å². The van der Waals surface area contributed by atoms with Crippen LogP contribution in [0.15, 0.2) is 12.1 Å². The van der Waals surface area contributed by atoms with Crippen molar-refractivity contribution in [2.75, 3.05) is 0 Å². The molecule has 2 heterocycles. The van der Waals surface area contributed by atoms with Crippen molar-refractivity contribution in [2.45, 2.75) is 39.8 Å². The summed E-state index contributed by atoms with van der Waals surface area (Å²) in [7, 11) is 0. The summed E-state index contributed by atoms with van der Waals surface area (Å²) < 4.78 is 2.81. The minimum Gasteiger partial charge on any atom is -0.326 e. The van der Waals surface area contributed by atoms with E-state index in [0.717, 1.165) is 14.9 Å². The Morgan fingerprint density at radius 2 is 2.00 bits per heavy atom. The van der Waals surface area contributed by atoms with Crippen molar-refractivity contribution in [3.05, 3.63) is 38.3 Å². The van der Waals surface area contributed by atoms with Crippen LogP contribution in [0, 0.1) is 20.8 Å². The zero-order valence-corrected chi connectivity index (χ0v) is 12.6. The van der Waals surface area contributed by atoms with E-state index in [1.165, 1.54) is 11.3 Å². The molecule has 0 saturated carbocycles. The van der Waals surface area contributed by atoms with Gasteiger partial charge in [-0.2, -0.15) is 5.10 Å². The molecule has 2 unspecified atom stereocenters. The summed E-state index contributed by atoms with van der Waals surface area (Å²) in [6.45, 7) is 8.20. The molecular weight excluding hydrogens is 266 g/mol. The van der Waals surface area contributed by atoms with Gasteiger partial charge in [0.05, 0.1) is 10.0 Å². The largest absolute Gasteiger partial charge is 0.326 e. The van der Waals surface area contributed by atoms with Crippen LogP contribution in [0.1, 0.15) is 34.8 Å². The minimum absolute atomic E-state index is 0.0166. The molecule has 0 radical (unpaired) electrons. The van der Waals surface area contributed by atoms with E-state index in [4.69, 9.17) is 17.3 Å². The predicted octanol–water partition coefficient (Wildman–Crippen LogP) is 3.46. The lowest BCUT2D eigenvalue weighted by atomic mass is 10.1. The zero-order valence-electron chi connectivity index (χ0n) is 11.1. The molecule has 0 aliphatic rings. The van der Waals surface area contributed by atoms with Crippen LogP contribution >= 0.6 is 22.9 Å². The summed E-state index contributed by atoms with van der Waals surface area (Å²) in [4.78, 5) is 1.15. The van der Waals surface area contributed by atoms with E-state index in [1.54, 1.807) is 11.3 Å². The molecule has 0 aliphatic heterocycles. The van der Waals surface area contributed by atoms with Crippen molar-refractivity contribution >= 4 is 22.9 Å². The summed E-state index contributed by atoms with van der Waals surface area (Å²) in [5.41, 5.74) is 9.59. The van der Waals surface area contributed by atoms with Crippen LogP contribution in [-0.4, -0.2) is 15.8 Å². The van der Waals surface area contributed by atoms with Gasteiger partial charge in [0.25, 0.3) is 0 Å². The highest BCUT2D eigenvalue weighted by Gasteiger charge is 2.23. The average Bonchev–Trinajstić information content (AvgIpc) is 2.80. The summed E-state index contributed by atoms with van der Waals surface area (Å²) >= 11 is 7.59. The van der Waals surface area contributed by atoms with Gasteiger partial charge in [-0.15, -0.1) is 11.3 Å². The van der Waals surface area contributed by atoms with Crippen LogP contribution in [0.25, 0.3) is 0 Å². The lowest BCUT2D eigenvalue weighted by Crippen LogP contribution is -2.31. The molecule has 3 nitrogen and oxygen atoms in total. The van der Waals surface area contributed by atoms with Crippen molar-refractivity contribution in [1.82, 2.24) is 9.78 Å². The van der Waals surface area contributed by atoms with E-state index in [1.807, 2.05) is 30.7 Å².